The van der Waals surface area contributed by atoms with Crippen molar-refractivity contribution >= 4 is 11.9 Å². The number of carboxylic acids is 1. The van der Waals surface area contributed by atoms with Gasteiger partial charge >= 0.3 is 5.97 Å². The van der Waals surface area contributed by atoms with Crippen LogP contribution in [0.15, 0.2) is 30.3 Å². The summed E-state index contributed by atoms with van der Waals surface area (Å²) in [5.41, 5.74) is 0.648. The molecule has 1 aromatic rings. The highest BCUT2D eigenvalue weighted by Crippen LogP contribution is 2.49. The number of hydrogen-bond donors (Lipinski definition) is 2. The average Bonchev–Trinajstić information content (AvgIpc) is 3.27. The summed E-state index contributed by atoms with van der Waals surface area (Å²) in [5, 5.41) is 12.1. The van der Waals surface area contributed by atoms with E-state index in [0.717, 1.165) is 6.42 Å². The third kappa shape index (κ3) is 4.10. The monoisotopic (exact) mass is 317 g/mol. The number of amides is 1. The molecule has 1 heterocycles. The van der Waals surface area contributed by atoms with Crippen LogP contribution in [0.4, 0.5) is 0 Å². The Morgan fingerprint density at radius 3 is 2.57 bits per heavy atom. The van der Waals surface area contributed by atoms with Crippen molar-refractivity contribution in [2.75, 3.05) is 13.2 Å². The van der Waals surface area contributed by atoms with Gasteiger partial charge in [0.1, 0.15) is 0 Å². The minimum Gasteiger partial charge on any atom is -0.481 e. The van der Waals surface area contributed by atoms with Crippen LogP contribution in [0, 0.1) is 5.92 Å². The Kier molecular flexibility index (Phi) is 4.66. The number of carbonyl (C=O) groups is 2. The molecule has 2 fully saturated rings. The fraction of sp³-hybridized carbons (Fsp3) is 0.556. The van der Waals surface area contributed by atoms with Crippen LogP contribution in [0.3, 0.4) is 0 Å². The normalized spacial score (nSPS) is 25.6. The first-order valence-electron chi connectivity index (χ1n) is 8.23. The quantitative estimate of drug-likeness (QED) is 0.844. The Hall–Kier alpha value is -1.88. The van der Waals surface area contributed by atoms with E-state index in [2.05, 4.69) is 17.4 Å². The molecule has 5 heteroatoms. The van der Waals surface area contributed by atoms with Crippen LogP contribution >= 0.6 is 0 Å². The number of rotatable bonds is 6. The molecule has 5 nitrogen and oxygen atoms in total. The molecule has 2 atom stereocenters. The van der Waals surface area contributed by atoms with Crippen molar-refractivity contribution in [2.45, 2.75) is 43.6 Å². The van der Waals surface area contributed by atoms with Crippen LogP contribution in [0.5, 0.6) is 0 Å². The summed E-state index contributed by atoms with van der Waals surface area (Å²) >= 11 is 0. The summed E-state index contributed by atoms with van der Waals surface area (Å²) in [7, 11) is 0. The van der Waals surface area contributed by atoms with Gasteiger partial charge in [0.05, 0.1) is 12.0 Å². The van der Waals surface area contributed by atoms with E-state index in [-0.39, 0.29) is 12.3 Å². The molecule has 1 saturated heterocycles. The highest BCUT2D eigenvalue weighted by Gasteiger charge is 2.42. The molecule has 3 rings (SSSR count). The second-order valence-electron chi connectivity index (χ2n) is 6.73. The molecule has 0 unspecified atom stereocenters. The number of carbonyl (C=O) groups excluding carboxylic acids is 1. The molecule has 0 bridgehead atoms. The molecule has 1 aliphatic carbocycles. The fourth-order valence-electron chi connectivity index (χ4n) is 3.56. The molecule has 1 aromatic carbocycles. The fourth-order valence-corrected chi connectivity index (χ4v) is 3.56. The molecular formula is C18H23NO4. The zero-order valence-electron chi connectivity index (χ0n) is 13.2. The molecule has 0 radical (unpaired) electrons. The van der Waals surface area contributed by atoms with Gasteiger partial charge in [-0.25, -0.2) is 0 Å². The summed E-state index contributed by atoms with van der Waals surface area (Å²) < 4.78 is 5.31. The van der Waals surface area contributed by atoms with Gasteiger partial charge in [-0.05, 0) is 36.7 Å². The van der Waals surface area contributed by atoms with E-state index in [1.807, 2.05) is 18.2 Å². The smallest absolute Gasteiger partial charge is 0.305 e. The Morgan fingerprint density at radius 2 is 1.91 bits per heavy atom. The van der Waals surface area contributed by atoms with Gasteiger partial charge in [-0.15, -0.1) is 0 Å². The van der Waals surface area contributed by atoms with E-state index >= 15 is 0 Å². The third-order valence-electron chi connectivity index (χ3n) is 4.94. The molecule has 124 valence electrons. The number of hydrogen-bond acceptors (Lipinski definition) is 3. The molecule has 23 heavy (non-hydrogen) atoms. The minimum absolute atomic E-state index is 0.0309. The summed E-state index contributed by atoms with van der Waals surface area (Å²) in [6, 6.07) is 10.2. The van der Waals surface area contributed by atoms with Crippen LogP contribution in [0.1, 0.15) is 43.6 Å². The standard InChI is InChI=1S/C18H23NO4/c20-16(11-14-10-15(14)13-4-2-1-3-5-13)19-18(12-17(21)22)6-8-23-9-7-18/h1-5,14-15H,6-12H2,(H,19,20)(H,21,22)/t14-,15-/m0/s1. The SMILES string of the molecule is O=C(O)CC1(NC(=O)C[C@@H]2C[C@H]2c2ccccc2)CCOCC1. The average molecular weight is 317 g/mol. The number of nitrogens with one attached hydrogen (secondary N) is 1. The maximum absolute atomic E-state index is 12.4. The van der Waals surface area contributed by atoms with Crippen molar-refractivity contribution in [1.29, 1.82) is 0 Å². The third-order valence-corrected chi connectivity index (χ3v) is 4.94. The van der Waals surface area contributed by atoms with E-state index in [1.54, 1.807) is 0 Å². The molecule has 1 aliphatic heterocycles. The van der Waals surface area contributed by atoms with Gasteiger partial charge in [-0.2, -0.15) is 0 Å². The zero-order chi connectivity index (χ0) is 16.3. The molecule has 1 saturated carbocycles. The van der Waals surface area contributed by atoms with Crippen LogP contribution in [-0.4, -0.2) is 35.7 Å². The van der Waals surface area contributed by atoms with Crippen molar-refractivity contribution in [3.8, 4) is 0 Å². The topological polar surface area (TPSA) is 75.6 Å². The van der Waals surface area contributed by atoms with Gasteiger partial charge < -0.3 is 15.2 Å². The van der Waals surface area contributed by atoms with Gasteiger partial charge in [0.15, 0.2) is 0 Å². The molecule has 1 amide bonds. The van der Waals surface area contributed by atoms with Crippen LogP contribution in [-0.2, 0) is 14.3 Å². The first kappa shape index (κ1) is 16.0. The van der Waals surface area contributed by atoms with Gasteiger partial charge in [-0.3, -0.25) is 9.59 Å². The Morgan fingerprint density at radius 1 is 1.22 bits per heavy atom. The van der Waals surface area contributed by atoms with E-state index in [9.17, 15) is 9.59 Å². The van der Waals surface area contributed by atoms with Gasteiger partial charge in [0.25, 0.3) is 0 Å². The lowest BCUT2D eigenvalue weighted by Crippen LogP contribution is -2.53. The molecule has 2 N–H and O–H groups in total. The predicted octanol–water partition coefficient (Wildman–Crippen LogP) is 2.32. The van der Waals surface area contributed by atoms with E-state index in [1.165, 1.54) is 5.56 Å². The second kappa shape index (κ2) is 6.71. The van der Waals surface area contributed by atoms with Crippen molar-refractivity contribution in [3.05, 3.63) is 35.9 Å². The predicted molar refractivity (Wildman–Crippen MR) is 85.1 cm³/mol. The Balaban J connectivity index is 1.55. The first-order valence-corrected chi connectivity index (χ1v) is 8.23. The molecule has 0 aromatic heterocycles. The first-order chi connectivity index (χ1) is 11.1. The number of ether oxygens (including phenoxy) is 1. The van der Waals surface area contributed by atoms with E-state index in [0.29, 0.717) is 44.3 Å². The van der Waals surface area contributed by atoms with Crippen LogP contribution < -0.4 is 5.32 Å². The van der Waals surface area contributed by atoms with Crippen LogP contribution in [0.2, 0.25) is 0 Å². The lowest BCUT2D eigenvalue weighted by atomic mass is 9.86. The number of benzene rings is 1. The van der Waals surface area contributed by atoms with Crippen molar-refractivity contribution < 1.29 is 19.4 Å². The number of carboxylic acid groups (broad SMARTS) is 1. The largest absolute Gasteiger partial charge is 0.481 e. The molecule has 2 aliphatic rings. The van der Waals surface area contributed by atoms with Crippen molar-refractivity contribution in [1.82, 2.24) is 5.32 Å². The maximum atomic E-state index is 12.4. The van der Waals surface area contributed by atoms with Crippen LogP contribution in [0.25, 0.3) is 0 Å². The van der Waals surface area contributed by atoms with Gasteiger partial charge in [0.2, 0.25) is 5.91 Å². The highest BCUT2D eigenvalue weighted by atomic mass is 16.5. The maximum Gasteiger partial charge on any atom is 0.305 e. The van der Waals surface area contributed by atoms with Gasteiger partial charge in [0, 0.05) is 19.6 Å². The summed E-state index contributed by atoms with van der Waals surface area (Å²) in [5.74, 6) is -0.0662. The lowest BCUT2D eigenvalue weighted by molar-refractivity contribution is -0.140. The summed E-state index contributed by atoms with van der Waals surface area (Å²) in [6.07, 6.45) is 2.61. The van der Waals surface area contributed by atoms with Crippen molar-refractivity contribution in [2.24, 2.45) is 5.92 Å². The highest BCUT2D eigenvalue weighted by molar-refractivity contribution is 5.79. The Labute approximate surface area is 136 Å². The Bertz CT molecular complexity index is 566. The van der Waals surface area contributed by atoms with E-state index < -0.39 is 11.5 Å². The molecular weight excluding hydrogens is 294 g/mol. The second-order valence-corrected chi connectivity index (χ2v) is 6.73. The van der Waals surface area contributed by atoms with E-state index in [4.69, 9.17) is 9.84 Å². The van der Waals surface area contributed by atoms with Gasteiger partial charge in [-0.1, -0.05) is 30.3 Å². The van der Waals surface area contributed by atoms with Crippen molar-refractivity contribution in [3.63, 3.8) is 0 Å². The summed E-state index contributed by atoms with van der Waals surface area (Å²) in [6.45, 7) is 1.01. The summed E-state index contributed by atoms with van der Waals surface area (Å²) in [4.78, 5) is 23.5. The zero-order valence-corrected chi connectivity index (χ0v) is 13.2. The minimum atomic E-state index is -0.874. The number of aliphatic carboxylic acids is 1. The molecule has 0 spiro atoms. The lowest BCUT2D eigenvalue weighted by Gasteiger charge is -2.36.